The Hall–Kier alpha value is -0.930. The van der Waals surface area contributed by atoms with Crippen molar-refractivity contribution in [2.24, 2.45) is 0 Å². The van der Waals surface area contributed by atoms with Gasteiger partial charge in [0.2, 0.25) is 0 Å². The molecule has 1 aliphatic heterocycles. The van der Waals surface area contributed by atoms with Crippen molar-refractivity contribution in [1.29, 1.82) is 0 Å². The Morgan fingerprint density at radius 2 is 2.06 bits per heavy atom. The molecule has 16 heavy (non-hydrogen) atoms. The molecule has 0 amide bonds. The van der Waals surface area contributed by atoms with Gasteiger partial charge in [-0.15, -0.1) is 0 Å². The van der Waals surface area contributed by atoms with Crippen LogP contribution in [0.4, 0.5) is 0 Å². The molecule has 1 saturated heterocycles. The van der Waals surface area contributed by atoms with Crippen LogP contribution >= 0.6 is 11.9 Å². The van der Waals surface area contributed by atoms with E-state index in [1.165, 1.54) is 5.56 Å². The van der Waals surface area contributed by atoms with Crippen molar-refractivity contribution in [1.82, 2.24) is 5.32 Å². The molecule has 1 fully saturated rings. The number of hydrogen-bond acceptors (Lipinski definition) is 3. The summed E-state index contributed by atoms with van der Waals surface area (Å²) < 4.78 is 10.2. The van der Waals surface area contributed by atoms with E-state index in [0.29, 0.717) is 11.7 Å². The topological polar surface area (TPSA) is 30.5 Å². The van der Waals surface area contributed by atoms with Crippen molar-refractivity contribution in [3.63, 3.8) is 0 Å². The summed E-state index contributed by atoms with van der Waals surface area (Å²) in [6, 6.07) is 5.86. The first-order chi connectivity index (χ1) is 7.86. The average molecular weight is 242 g/mol. The van der Waals surface area contributed by atoms with Crippen molar-refractivity contribution in [2.45, 2.75) is 18.8 Å². The molecule has 0 bridgehead atoms. The third kappa shape index (κ3) is 2.25. The standard InChI is InChI=1S/C12H16ClNO2/c1-15-12-10(3-2-4-11(12)16-13)9-5-7-14-8-6-9/h2-4,9,14H,5-8H2,1H3. The number of benzene rings is 1. The highest BCUT2D eigenvalue weighted by molar-refractivity contribution is 6.09. The molecular weight excluding hydrogens is 226 g/mol. The molecular formula is C12H16ClNO2. The smallest absolute Gasteiger partial charge is 0.188 e. The van der Waals surface area contributed by atoms with E-state index in [4.69, 9.17) is 20.9 Å². The summed E-state index contributed by atoms with van der Waals surface area (Å²) in [4.78, 5) is 0. The molecule has 0 saturated carbocycles. The molecule has 1 aromatic rings. The molecule has 88 valence electrons. The minimum atomic E-state index is 0.531. The molecule has 0 unspecified atom stereocenters. The maximum Gasteiger partial charge on any atom is 0.188 e. The van der Waals surface area contributed by atoms with Gasteiger partial charge < -0.3 is 14.3 Å². The third-order valence-corrected chi connectivity index (χ3v) is 3.24. The Balaban J connectivity index is 2.30. The number of rotatable bonds is 3. The largest absolute Gasteiger partial charge is 0.492 e. The summed E-state index contributed by atoms with van der Waals surface area (Å²) in [5, 5.41) is 3.35. The van der Waals surface area contributed by atoms with Gasteiger partial charge in [0.05, 0.1) is 7.11 Å². The highest BCUT2D eigenvalue weighted by Crippen LogP contribution is 2.39. The quantitative estimate of drug-likeness (QED) is 0.883. The van der Waals surface area contributed by atoms with Crippen molar-refractivity contribution in [2.75, 3.05) is 20.2 Å². The fraction of sp³-hybridized carbons (Fsp3) is 0.500. The number of hydrogen-bond donors (Lipinski definition) is 1. The highest BCUT2D eigenvalue weighted by Gasteiger charge is 2.21. The summed E-state index contributed by atoms with van der Waals surface area (Å²) in [5.74, 6) is 1.90. The second kappa shape index (κ2) is 5.41. The van der Waals surface area contributed by atoms with E-state index >= 15 is 0 Å². The SMILES string of the molecule is COc1c(OCl)cccc1C1CCNCC1. The Labute approximate surface area is 101 Å². The Morgan fingerprint density at radius 3 is 2.69 bits per heavy atom. The van der Waals surface area contributed by atoms with Crippen molar-refractivity contribution in [3.05, 3.63) is 23.8 Å². The lowest BCUT2D eigenvalue weighted by atomic mass is 9.89. The number of nitrogens with one attached hydrogen (secondary N) is 1. The first kappa shape index (κ1) is 11.6. The Morgan fingerprint density at radius 1 is 1.31 bits per heavy atom. The zero-order chi connectivity index (χ0) is 11.4. The molecule has 1 N–H and O–H groups in total. The summed E-state index contributed by atoms with van der Waals surface area (Å²) in [6.45, 7) is 2.11. The zero-order valence-corrected chi connectivity index (χ0v) is 10.1. The van der Waals surface area contributed by atoms with Crippen molar-refractivity contribution in [3.8, 4) is 11.5 Å². The second-order valence-electron chi connectivity index (χ2n) is 3.98. The lowest BCUT2D eigenvalue weighted by molar-refractivity contribution is 0.377. The maximum absolute atomic E-state index is 5.43. The van der Waals surface area contributed by atoms with Gasteiger partial charge in [-0.05, 0) is 37.9 Å². The van der Waals surface area contributed by atoms with Crippen LogP contribution in [0.1, 0.15) is 24.3 Å². The van der Waals surface area contributed by atoms with Gasteiger partial charge in [-0.3, -0.25) is 0 Å². The van der Waals surface area contributed by atoms with Crippen LogP contribution in [0.25, 0.3) is 0 Å². The van der Waals surface area contributed by atoms with E-state index < -0.39 is 0 Å². The van der Waals surface area contributed by atoms with Crippen LogP contribution < -0.4 is 14.3 Å². The Kier molecular flexibility index (Phi) is 3.91. The van der Waals surface area contributed by atoms with Gasteiger partial charge in [-0.25, -0.2) is 0 Å². The predicted molar refractivity (Wildman–Crippen MR) is 64.3 cm³/mol. The van der Waals surface area contributed by atoms with Crippen LogP contribution in [0.3, 0.4) is 0 Å². The van der Waals surface area contributed by atoms with Crippen LogP contribution in [0.15, 0.2) is 18.2 Å². The molecule has 2 rings (SSSR count). The van der Waals surface area contributed by atoms with Crippen LogP contribution in [0.2, 0.25) is 0 Å². The van der Waals surface area contributed by atoms with E-state index in [9.17, 15) is 0 Å². The van der Waals surface area contributed by atoms with Crippen LogP contribution in [-0.4, -0.2) is 20.2 Å². The molecule has 3 nitrogen and oxygen atoms in total. The molecule has 1 aliphatic rings. The molecule has 0 atom stereocenters. The molecule has 0 radical (unpaired) electrons. The monoisotopic (exact) mass is 241 g/mol. The van der Waals surface area contributed by atoms with Crippen LogP contribution in [0, 0.1) is 0 Å². The first-order valence-electron chi connectivity index (χ1n) is 5.53. The maximum atomic E-state index is 5.43. The van der Waals surface area contributed by atoms with Crippen LogP contribution in [-0.2, 0) is 0 Å². The van der Waals surface area contributed by atoms with Crippen molar-refractivity contribution >= 4 is 11.9 Å². The minimum Gasteiger partial charge on any atom is -0.492 e. The number of ether oxygens (including phenoxy) is 1. The molecule has 0 aromatic heterocycles. The fourth-order valence-electron chi connectivity index (χ4n) is 2.27. The number of halogens is 1. The zero-order valence-electron chi connectivity index (χ0n) is 9.33. The minimum absolute atomic E-state index is 0.531. The van der Waals surface area contributed by atoms with E-state index in [0.717, 1.165) is 31.7 Å². The average Bonchev–Trinajstić information content (AvgIpc) is 2.38. The molecule has 1 aromatic carbocycles. The van der Waals surface area contributed by atoms with E-state index in [-0.39, 0.29) is 0 Å². The Bertz CT molecular complexity index is 351. The van der Waals surface area contributed by atoms with Gasteiger partial charge in [-0.2, -0.15) is 0 Å². The van der Waals surface area contributed by atoms with Gasteiger partial charge in [0.1, 0.15) is 11.9 Å². The molecule has 0 aliphatic carbocycles. The lowest BCUT2D eigenvalue weighted by Gasteiger charge is -2.24. The third-order valence-electron chi connectivity index (χ3n) is 3.08. The predicted octanol–water partition coefficient (Wildman–Crippen LogP) is 2.69. The van der Waals surface area contributed by atoms with E-state index in [2.05, 4.69) is 11.4 Å². The summed E-state index contributed by atoms with van der Waals surface area (Å²) in [7, 11) is 1.65. The van der Waals surface area contributed by atoms with E-state index in [1.54, 1.807) is 7.11 Å². The van der Waals surface area contributed by atoms with Gasteiger partial charge in [-0.1, -0.05) is 12.1 Å². The van der Waals surface area contributed by atoms with E-state index in [1.807, 2.05) is 12.1 Å². The van der Waals surface area contributed by atoms with Gasteiger partial charge >= 0.3 is 0 Å². The van der Waals surface area contributed by atoms with Gasteiger partial charge in [0.15, 0.2) is 11.5 Å². The van der Waals surface area contributed by atoms with Gasteiger partial charge in [0, 0.05) is 5.56 Å². The summed E-state index contributed by atoms with van der Waals surface area (Å²) in [5.41, 5.74) is 1.20. The fourth-order valence-corrected chi connectivity index (χ4v) is 2.39. The number of piperidine rings is 1. The van der Waals surface area contributed by atoms with Gasteiger partial charge in [0.25, 0.3) is 0 Å². The molecule has 4 heteroatoms. The molecule has 0 spiro atoms. The van der Waals surface area contributed by atoms with Crippen LogP contribution in [0.5, 0.6) is 11.5 Å². The van der Waals surface area contributed by atoms with Crippen molar-refractivity contribution < 1.29 is 9.03 Å². The molecule has 1 heterocycles. The summed E-state index contributed by atoms with van der Waals surface area (Å²) in [6.07, 6.45) is 2.25. The lowest BCUT2D eigenvalue weighted by Crippen LogP contribution is -2.26. The number of methoxy groups -OCH3 is 1. The summed E-state index contributed by atoms with van der Waals surface area (Å²) >= 11 is 5.43. The number of para-hydroxylation sites is 1. The highest BCUT2D eigenvalue weighted by atomic mass is 35.5. The second-order valence-corrected chi connectivity index (χ2v) is 4.13. The normalized spacial score (nSPS) is 17.1. The first-order valence-corrected chi connectivity index (χ1v) is 5.84.